The molecule has 2 nitrogen and oxygen atoms in total. The summed E-state index contributed by atoms with van der Waals surface area (Å²) in [6, 6.07) is 4.52. The SMILES string of the molecule is NC1CCS(=O)c2c(F)cccc21. The van der Waals surface area contributed by atoms with Crippen LogP contribution >= 0.6 is 0 Å². The van der Waals surface area contributed by atoms with Crippen LogP contribution in [0.2, 0.25) is 0 Å². The summed E-state index contributed by atoms with van der Waals surface area (Å²) in [4.78, 5) is 0.307. The van der Waals surface area contributed by atoms with Crippen molar-refractivity contribution in [2.75, 3.05) is 5.75 Å². The van der Waals surface area contributed by atoms with E-state index >= 15 is 0 Å². The first-order chi connectivity index (χ1) is 6.20. The molecule has 0 radical (unpaired) electrons. The average Bonchev–Trinajstić information content (AvgIpc) is 2.12. The summed E-state index contributed by atoms with van der Waals surface area (Å²) in [6.45, 7) is 0. The zero-order chi connectivity index (χ0) is 9.42. The Bertz CT molecular complexity index is 367. The molecule has 0 spiro atoms. The summed E-state index contributed by atoms with van der Waals surface area (Å²) < 4.78 is 24.7. The molecule has 0 bridgehead atoms. The van der Waals surface area contributed by atoms with Gasteiger partial charge in [-0.25, -0.2) is 4.39 Å². The molecule has 1 aromatic rings. The van der Waals surface area contributed by atoms with Gasteiger partial charge in [-0.15, -0.1) is 0 Å². The third kappa shape index (κ3) is 1.40. The molecule has 0 saturated heterocycles. The maximum absolute atomic E-state index is 13.2. The van der Waals surface area contributed by atoms with Gasteiger partial charge in [0.2, 0.25) is 0 Å². The Morgan fingerprint density at radius 2 is 2.31 bits per heavy atom. The number of halogens is 1. The summed E-state index contributed by atoms with van der Waals surface area (Å²) in [5.74, 6) is 0.0701. The Hall–Kier alpha value is -0.740. The molecule has 4 heteroatoms. The van der Waals surface area contributed by atoms with Crippen molar-refractivity contribution in [1.29, 1.82) is 0 Å². The Morgan fingerprint density at radius 3 is 3.00 bits per heavy atom. The zero-order valence-corrected chi connectivity index (χ0v) is 7.81. The number of fused-ring (bicyclic) bond motifs is 1. The first kappa shape index (κ1) is 8.84. The molecule has 1 heterocycles. The van der Waals surface area contributed by atoms with E-state index in [1.54, 1.807) is 12.1 Å². The lowest BCUT2D eigenvalue weighted by Crippen LogP contribution is -2.22. The van der Waals surface area contributed by atoms with E-state index in [4.69, 9.17) is 5.73 Å². The molecule has 0 amide bonds. The largest absolute Gasteiger partial charge is 0.324 e. The smallest absolute Gasteiger partial charge is 0.139 e. The predicted molar refractivity (Wildman–Crippen MR) is 49.2 cm³/mol. The van der Waals surface area contributed by atoms with Crippen LogP contribution in [0.25, 0.3) is 0 Å². The maximum atomic E-state index is 13.2. The van der Waals surface area contributed by atoms with Gasteiger partial charge in [-0.3, -0.25) is 4.21 Å². The standard InChI is InChI=1S/C9H10FNOS/c10-7-3-1-2-6-8(11)4-5-13(12)9(6)7/h1-3,8H,4-5,11H2. The van der Waals surface area contributed by atoms with Crippen LogP contribution in [-0.4, -0.2) is 9.96 Å². The van der Waals surface area contributed by atoms with Crippen molar-refractivity contribution in [3.05, 3.63) is 29.6 Å². The summed E-state index contributed by atoms with van der Waals surface area (Å²) in [5.41, 5.74) is 6.48. The van der Waals surface area contributed by atoms with Crippen molar-refractivity contribution in [2.45, 2.75) is 17.4 Å². The summed E-state index contributed by atoms with van der Waals surface area (Å²) >= 11 is 0. The van der Waals surface area contributed by atoms with E-state index < -0.39 is 16.6 Å². The molecule has 2 N–H and O–H groups in total. The van der Waals surface area contributed by atoms with Gasteiger partial charge >= 0.3 is 0 Å². The van der Waals surface area contributed by atoms with E-state index in [1.165, 1.54) is 6.07 Å². The monoisotopic (exact) mass is 199 g/mol. The Morgan fingerprint density at radius 1 is 1.54 bits per heavy atom. The van der Waals surface area contributed by atoms with E-state index in [0.29, 0.717) is 22.6 Å². The van der Waals surface area contributed by atoms with E-state index in [2.05, 4.69) is 0 Å². The number of hydrogen-bond donors (Lipinski definition) is 1. The second-order valence-electron chi connectivity index (χ2n) is 3.10. The number of hydrogen-bond acceptors (Lipinski definition) is 2. The van der Waals surface area contributed by atoms with Gasteiger partial charge in [0.25, 0.3) is 0 Å². The van der Waals surface area contributed by atoms with Crippen LogP contribution in [0.15, 0.2) is 23.1 Å². The molecule has 13 heavy (non-hydrogen) atoms. The number of benzene rings is 1. The molecule has 0 fully saturated rings. The summed E-state index contributed by atoms with van der Waals surface area (Å²) in [5, 5.41) is 0. The molecule has 2 rings (SSSR count). The van der Waals surface area contributed by atoms with E-state index in [9.17, 15) is 8.60 Å². The molecular formula is C9H10FNOS. The van der Waals surface area contributed by atoms with Gasteiger partial charge in [-0.1, -0.05) is 12.1 Å². The second kappa shape index (κ2) is 3.20. The maximum Gasteiger partial charge on any atom is 0.139 e. The fraction of sp³-hybridized carbons (Fsp3) is 0.333. The Labute approximate surface area is 78.4 Å². The van der Waals surface area contributed by atoms with E-state index in [0.717, 1.165) is 0 Å². The first-order valence-electron chi connectivity index (χ1n) is 4.12. The van der Waals surface area contributed by atoms with Crippen molar-refractivity contribution in [3.8, 4) is 0 Å². The molecular weight excluding hydrogens is 189 g/mol. The van der Waals surface area contributed by atoms with Crippen LogP contribution in [-0.2, 0) is 10.8 Å². The second-order valence-corrected chi connectivity index (χ2v) is 4.61. The van der Waals surface area contributed by atoms with Gasteiger partial charge in [-0.05, 0) is 18.1 Å². The van der Waals surface area contributed by atoms with Crippen molar-refractivity contribution >= 4 is 10.8 Å². The average molecular weight is 199 g/mol. The quantitative estimate of drug-likeness (QED) is 0.685. The van der Waals surface area contributed by atoms with Crippen molar-refractivity contribution in [1.82, 2.24) is 0 Å². The topological polar surface area (TPSA) is 43.1 Å². The van der Waals surface area contributed by atoms with Gasteiger partial charge < -0.3 is 5.73 Å². The normalized spacial score (nSPS) is 26.9. The van der Waals surface area contributed by atoms with Gasteiger partial charge in [-0.2, -0.15) is 0 Å². The highest BCUT2D eigenvalue weighted by Crippen LogP contribution is 2.29. The fourth-order valence-corrected chi connectivity index (χ4v) is 2.99. The molecule has 0 aromatic heterocycles. The predicted octanol–water partition coefficient (Wildman–Crippen LogP) is 1.34. The molecule has 1 aliphatic rings. The molecule has 1 aromatic carbocycles. The molecule has 2 unspecified atom stereocenters. The highest BCUT2D eigenvalue weighted by molar-refractivity contribution is 7.85. The number of rotatable bonds is 0. The highest BCUT2D eigenvalue weighted by atomic mass is 32.2. The minimum absolute atomic E-state index is 0.164. The first-order valence-corrected chi connectivity index (χ1v) is 5.44. The van der Waals surface area contributed by atoms with Crippen LogP contribution in [0.5, 0.6) is 0 Å². The Kier molecular flexibility index (Phi) is 2.17. The van der Waals surface area contributed by atoms with Crippen LogP contribution in [0.1, 0.15) is 18.0 Å². The van der Waals surface area contributed by atoms with Crippen LogP contribution < -0.4 is 5.73 Å². The van der Waals surface area contributed by atoms with Gasteiger partial charge in [0.1, 0.15) is 5.82 Å². The van der Waals surface area contributed by atoms with Gasteiger partial charge in [0.05, 0.1) is 15.7 Å². The lowest BCUT2D eigenvalue weighted by Gasteiger charge is -2.21. The minimum Gasteiger partial charge on any atom is -0.324 e. The van der Waals surface area contributed by atoms with Crippen LogP contribution in [0.3, 0.4) is 0 Å². The Balaban J connectivity index is 2.63. The third-order valence-electron chi connectivity index (χ3n) is 2.24. The van der Waals surface area contributed by atoms with Crippen molar-refractivity contribution in [3.63, 3.8) is 0 Å². The number of nitrogens with two attached hydrogens (primary N) is 1. The zero-order valence-electron chi connectivity index (χ0n) is 7.00. The lowest BCUT2D eigenvalue weighted by molar-refractivity contribution is 0.566. The summed E-state index contributed by atoms with van der Waals surface area (Å²) in [7, 11) is -1.20. The molecule has 1 aliphatic heterocycles. The van der Waals surface area contributed by atoms with E-state index in [-0.39, 0.29) is 6.04 Å². The van der Waals surface area contributed by atoms with Crippen LogP contribution in [0.4, 0.5) is 4.39 Å². The third-order valence-corrected chi connectivity index (χ3v) is 3.73. The minimum atomic E-state index is -1.20. The highest BCUT2D eigenvalue weighted by Gasteiger charge is 2.24. The summed E-state index contributed by atoms with van der Waals surface area (Å²) in [6.07, 6.45) is 0.670. The molecule has 0 aliphatic carbocycles. The van der Waals surface area contributed by atoms with Gasteiger partial charge in [0, 0.05) is 11.8 Å². The molecule has 2 atom stereocenters. The fourth-order valence-electron chi connectivity index (χ4n) is 1.55. The van der Waals surface area contributed by atoms with Crippen LogP contribution in [0, 0.1) is 5.82 Å². The lowest BCUT2D eigenvalue weighted by atomic mass is 10.1. The van der Waals surface area contributed by atoms with E-state index in [1.807, 2.05) is 0 Å². The molecule has 70 valence electrons. The molecule has 0 saturated carbocycles. The van der Waals surface area contributed by atoms with Crippen molar-refractivity contribution < 1.29 is 8.60 Å². The van der Waals surface area contributed by atoms with Gasteiger partial charge in [0.15, 0.2) is 0 Å². The van der Waals surface area contributed by atoms with Crippen molar-refractivity contribution in [2.24, 2.45) is 5.73 Å².